The van der Waals surface area contributed by atoms with Gasteiger partial charge < -0.3 is 19.3 Å². The third-order valence-corrected chi connectivity index (χ3v) is 3.55. The molecule has 0 fully saturated rings. The number of hydrogen-bond acceptors (Lipinski definition) is 6. The van der Waals surface area contributed by atoms with Crippen LogP contribution in [0.15, 0.2) is 53.1 Å². The molecule has 0 bridgehead atoms. The molecule has 0 spiro atoms. The van der Waals surface area contributed by atoms with Gasteiger partial charge in [-0.05, 0) is 29.8 Å². The largest absolute Gasteiger partial charge is 0.485 e. The molecule has 1 amide bonds. The number of nitrogens with one attached hydrogen (secondary N) is 1. The Morgan fingerprint density at radius 1 is 1.15 bits per heavy atom. The van der Waals surface area contributed by atoms with Gasteiger partial charge in [0.2, 0.25) is 11.7 Å². The van der Waals surface area contributed by atoms with E-state index in [4.69, 9.17) is 14.0 Å². The highest BCUT2D eigenvalue weighted by atomic mass is 16.5. The molecule has 134 valence electrons. The first-order valence-electron chi connectivity index (χ1n) is 8.06. The summed E-state index contributed by atoms with van der Waals surface area (Å²) in [6.45, 7) is 2.30. The number of hydrogen-bond donors (Lipinski definition) is 1. The maximum Gasteiger partial charge on any atom is 0.259 e. The number of nitrogens with zero attached hydrogens (tertiary/aromatic N) is 2. The predicted octanol–water partition coefficient (Wildman–Crippen LogP) is 3.36. The lowest BCUT2D eigenvalue weighted by molar-refractivity contribution is 0.102. The molecule has 0 saturated carbocycles. The zero-order valence-electron chi connectivity index (χ0n) is 14.6. The molecule has 7 nitrogen and oxygen atoms in total. The Balaban J connectivity index is 1.72. The third kappa shape index (κ3) is 4.46. The fraction of sp³-hybridized carbons (Fsp3) is 0.211. The average Bonchev–Trinajstić information content (AvgIpc) is 3.06. The van der Waals surface area contributed by atoms with Crippen molar-refractivity contribution in [2.24, 2.45) is 0 Å². The Hall–Kier alpha value is -3.19. The van der Waals surface area contributed by atoms with Crippen LogP contribution in [0.3, 0.4) is 0 Å². The number of rotatable bonds is 7. The number of para-hydroxylation sites is 1. The molecule has 7 heteroatoms. The Kier molecular flexibility index (Phi) is 5.60. The number of anilines is 1. The van der Waals surface area contributed by atoms with E-state index in [1.807, 2.05) is 24.3 Å². The Bertz CT molecular complexity index is 892. The van der Waals surface area contributed by atoms with E-state index in [0.717, 1.165) is 5.56 Å². The van der Waals surface area contributed by atoms with Gasteiger partial charge in [0.1, 0.15) is 5.75 Å². The van der Waals surface area contributed by atoms with E-state index in [1.54, 1.807) is 38.3 Å². The quantitative estimate of drug-likeness (QED) is 0.701. The monoisotopic (exact) mass is 353 g/mol. The van der Waals surface area contributed by atoms with Crippen molar-refractivity contribution in [2.45, 2.75) is 20.1 Å². The Morgan fingerprint density at radius 3 is 2.77 bits per heavy atom. The standard InChI is InChI=1S/C19H19N3O4/c1-13-20-18(22-26-13)12-25-17-9-4-3-8-16(17)19(23)21-15-7-5-6-14(10-15)11-24-2/h3-10H,11-12H2,1-2H3,(H,21,23). The lowest BCUT2D eigenvalue weighted by Crippen LogP contribution is -2.14. The van der Waals surface area contributed by atoms with Crippen molar-refractivity contribution >= 4 is 11.6 Å². The van der Waals surface area contributed by atoms with Crippen LogP contribution in [-0.4, -0.2) is 23.2 Å². The van der Waals surface area contributed by atoms with E-state index in [-0.39, 0.29) is 12.5 Å². The minimum absolute atomic E-state index is 0.116. The maximum atomic E-state index is 12.6. The van der Waals surface area contributed by atoms with Crippen molar-refractivity contribution in [1.29, 1.82) is 0 Å². The molecular weight excluding hydrogens is 334 g/mol. The summed E-state index contributed by atoms with van der Waals surface area (Å²) < 4.78 is 15.7. The topological polar surface area (TPSA) is 86.5 Å². The lowest BCUT2D eigenvalue weighted by Gasteiger charge is -2.11. The summed E-state index contributed by atoms with van der Waals surface area (Å²) in [6.07, 6.45) is 0. The first kappa shape index (κ1) is 17.6. The normalized spacial score (nSPS) is 10.5. The number of ether oxygens (including phenoxy) is 2. The van der Waals surface area contributed by atoms with Crippen molar-refractivity contribution in [3.63, 3.8) is 0 Å². The smallest absolute Gasteiger partial charge is 0.259 e. The van der Waals surface area contributed by atoms with Gasteiger partial charge in [0.25, 0.3) is 5.91 Å². The lowest BCUT2D eigenvalue weighted by atomic mass is 10.1. The molecule has 1 N–H and O–H groups in total. The van der Waals surface area contributed by atoms with Crippen LogP contribution in [0.1, 0.15) is 27.6 Å². The van der Waals surface area contributed by atoms with E-state index in [2.05, 4.69) is 15.5 Å². The summed E-state index contributed by atoms with van der Waals surface area (Å²) in [5, 5.41) is 6.65. The molecule has 0 atom stereocenters. The van der Waals surface area contributed by atoms with Crippen molar-refractivity contribution in [3.05, 3.63) is 71.4 Å². The second-order valence-corrected chi connectivity index (χ2v) is 5.60. The molecule has 3 rings (SSSR count). The van der Waals surface area contributed by atoms with E-state index in [1.165, 1.54) is 0 Å². The summed E-state index contributed by atoms with van der Waals surface area (Å²) in [6, 6.07) is 14.5. The SMILES string of the molecule is COCc1cccc(NC(=O)c2ccccc2OCc2noc(C)n2)c1. The van der Waals surface area contributed by atoms with Crippen molar-refractivity contribution in [3.8, 4) is 5.75 Å². The van der Waals surface area contributed by atoms with Gasteiger partial charge >= 0.3 is 0 Å². The first-order valence-corrected chi connectivity index (χ1v) is 8.06. The minimum atomic E-state index is -0.264. The fourth-order valence-corrected chi connectivity index (χ4v) is 2.43. The van der Waals surface area contributed by atoms with E-state index in [0.29, 0.717) is 35.3 Å². The highest BCUT2D eigenvalue weighted by Crippen LogP contribution is 2.21. The number of amides is 1. The molecule has 0 radical (unpaired) electrons. The molecule has 1 aromatic heterocycles. The van der Waals surface area contributed by atoms with E-state index < -0.39 is 0 Å². The van der Waals surface area contributed by atoms with E-state index >= 15 is 0 Å². The van der Waals surface area contributed by atoms with Gasteiger partial charge in [-0.25, -0.2) is 0 Å². The summed E-state index contributed by atoms with van der Waals surface area (Å²) >= 11 is 0. The van der Waals surface area contributed by atoms with Gasteiger partial charge in [0.15, 0.2) is 6.61 Å². The van der Waals surface area contributed by atoms with Crippen molar-refractivity contribution in [2.75, 3.05) is 12.4 Å². The number of benzene rings is 2. The van der Waals surface area contributed by atoms with E-state index in [9.17, 15) is 4.79 Å². The number of aryl methyl sites for hydroxylation is 1. The van der Waals surface area contributed by atoms with Crippen LogP contribution in [0.5, 0.6) is 5.75 Å². The number of carbonyl (C=O) groups is 1. The van der Waals surface area contributed by atoms with Gasteiger partial charge in [-0.1, -0.05) is 29.4 Å². The van der Waals surface area contributed by atoms with Gasteiger partial charge in [0, 0.05) is 19.7 Å². The second-order valence-electron chi connectivity index (χ2n) is 5.60. The zero-order chi connectivity index (χ0) is 18.4. The highest BCUT2D eigenvalue weighted by Gasteiger charge is 2.14. The molecule has 0 unspecified atom stereocenters. The van der Waals surface area contributed by atoms with Crippen LogP contribution in [0.2, 0.25) is 0 Å². The third-order valence-electron chi connectivity index (χ3n) is 3.55. The average molecular weight is 353 g/mol. The molecule has 0 aliphatic carbocycles. The molecule has 1 heterocycles. The Morgan fingerprint density at radius 2 is 2.00 bits per heavy atom. The molecule has 3 aromatic rings. The molecule has 0 aliphatic heterocycles. The van der Waals surface area contributed by atoms with Crippen LogP contribution in [0, 0.1) is 6.92 Å². The van der Waals surface area contributed by atoms with Crippen LogP contribution in [0.25, 0.3) is 0 Å². The Labute approximate surface area is 150 Å². The number of carbonyl (C=O) groups excluding carboxylic acids is 1. The molecule has 0 saturated heterocycles. The minimum Gasteiger partial charge on any atom is -0.485 e. The summed E-state index contributed by atoms with van der Waals surface area (Å²) in [5.74, 6) is 1.07. The zero-order valence-corrected chi connectivity index (χ0v) is 14.6. The second kappa shape index (κ2) is 8.26. The van der Waals surface area contributed by atoms with Crippen molar-refractivity contribution < 1.29 is 18.8 Å². The first-order chi connectivity index (χ1) is 12.7. The summed E-state index contributed by atoms with van der Waals surface area (Å²) in [5.41, 5.74) is 2.08. The molecule has 0 aliphatic rings. The molecule has 2 aromatic carbocycles. The summed E-state index contributed by atoms with van der Waals surface area (Å²) in [7, 11) is 1.63. The van der Waals surface area contributed by atoms with Crippen LogP contribution in [0.4, 0.5) is 5.69 Å². The molecule has 26 heavy (non-hydrogen) atoms. The highest BCUT2D eigenvalue weighted by molar-refractivity contribution is 6.06. The summed E-state index contributed by atoms with van der Waals surface area (Å²) in [4.78, 5) is 16.7. The van der Waals surface area contributed by atoms with Gasteiger partial charge in [-0.3, -0.25) is 4.79 Å². The number of methoxy groups -OCH3 is 1. The fourth-order valence-electron chi connectivity index (χ4n) is 2.43. The van der Waals surface area contributed by atoms with Gasteiger partial charge in [-0.15, -0.1) is 0 Å². The van der Waals surface area contributed by atoms with Crippen LogP contribution in [-0.2, 0) is 18.0 Å². The van der Waals surface area contributed by atoms with Gasteiger partial charge in [0.05, 0.1) is 12.2 Å². The van der Waals surface area contributed by atoms with Crippen LogP contribution < -0.4 is 10.1 Å². The van der Waals surface area contributed by atoms with Crippen LogP contribution >= 0.6 is 0 Å². The number of aromatic nitrogens is 2. The predicted molar refractivity (Wildman–Crippen MR) is 94.9 cm³/mol. The maximum absolute atomic E-state index is 12.6. The molecular formula is C19H19N3O4. The van der Waals surface area contributed by atoms with Gasteiger partial charge in [-0.2, -0.15) is 4.98 Å². The van der Waals surface area contributed by atoms with Crippen molar-refractivity contribution in [1.82, 2.24) is 10.1 Å².